The van der Waals surface area contributed by atoms with E-state index in [1.165, 1.54) is 17.0 Å². The highest BCUT2D eigenvalue weighted by Gasteiger charge is 2.15. The van der Waals surface area contributed by atoms with Gasteiger partial charge in [0.1, 0.15) is 13.1 Å². The lowest BCUT2D eigenvalue weighted by Gasteiger charge is -2.20. The van der Waals surface area contributed by atoms with Crippen molar-refractivity contribution in [3.8, 4) is 12.1 Å². The minimum absolute atomic E-state index is 0.0270. The average molecular weight is 230 g/mol. The zero-order valence-corrected chi connectivity index (χ0v) is 8.92. The minimum atomic E-state index is -1.14. The molecule has 86 valence electrons. The van der Waals surface area contributed by atoms with Gasteiger partial charge in [0.25, 0.3) is 0 Å². The summed E-state index contributed by atoms with van der Waals surface area (Å²) in [6.45, 7) is -0.0539. The van der Waals surface area contributed by atoms with Crippen LogP contribution in [-0.4, -0.2) is 24.2 Å². The normalized spacial score (nSPS) is 9.06. The van der Waals surface area contributed by atoms with E-state index < -0.39 is 5.97 Å². The fourth-order valence-corrected chi connectivity index (χ4v) is 1.41. The van der Waals surface area contributed by atoms with Crippen molar-refractivity contribution in [1.82, 2.24) is 0 Å². The van der Waals surface area contributed by atoms with Crippen molar-refractivity contribution in [3.05, 3.63) is 23.8 Å². The molecule has 1 aromatic rings. The Morgan fingerprint density at radius 1 is 1.35 bits per heavy atom. The summed E-state index contributed by atoms with van der Waals surface area (Å²) in [5.74, 6) is -1.14. The predicted octanol–water partition coefficient (Wildman–Crippen LogP) is 0.821. The fraction of sp³-hybridized carbons (Fsp3) is 0.182. The number of anilines is 2. The number of aromatic carboxylic acids is 1. The van der Waals surface area contributed by atoms with Crippen molar-refractivity contribution in [2.45, 2.75) is 0 Å². The summed E-state index contributed by atoms with van der Waals surface area (Å²) >= 11 is 0. The van der Waals surface area contributed by atoms with Crippen molar-refractivity contribution in [2.75, 3.05) is 23.7 Å². The van der Waals surface area contributed by atoms with Crippen LogP contribution in [0.2, 0.25) is 0 Å². The Bertz CT molecular complexity index is 497. The number of hydrogen-bond donors (Lipinski definition) is 2. The van der Waals surface area contributed by atoms with Crippen molar-refractivity contribution < 1.29 is 9.90 Å². The lowest BCUT2D eigenvalue weighted by Crippen LogP contribution is -2.25. The highest BCUT2D eigenvalue weighted by molar-refractivity contribution is 5.97. The SMILES string of the molecule is N#CCN(CC#N)c1cccc(C(=O)O)c1N. The summed E-state index contributed by atoms with van der Waals surface area (Å²) in [6, 6.07) is 8.28. The van der Waals surface area contributed by atoms with E-state index >= 15 is 0 Å². The van der Waals surface area contributed by atoms with Crippen LogP contribution in [0.25, 0.3) is 0 Å². The van der Waals surface area contributed by atoms with Crippen LogP contribution in [-0.2, 0) is 0 Å². The van der Waals surface area contributed by atoms with Crippen LogP contribution >= 0.6 is 0 Å². The van der Waals surface area contributed by atoms with E-state index in [4.69, 9.17) is 21.4 Å². The van der Waals surface area contributed by atoms with Crippen molar-refractivity contribution in [1.29, 1.82) is 10.5 Å². The van der Waals surface area contributed by atoms with Gasteiger partial charge in [0, 0.05) is 0 Å². The Hall–Kier alpha value is -2.73. The smallest absolute Gasteiger partial charge is 0.337 e. The topological polar surface area (TPSA) is 114 Å². The largest absolute Gasteiger partial charge is 0.478 e. The van der Waals surface area contributed by atoms with E-state index in [-0.39, 0.29) is 24.3 Å². The maximum atomic E-state index is 10.9. The van der Waals surface area contributed by atoms with Crippen LogP contribution in [0.3, 0.4) is 0 Å². The number of carbonyl (C=O) groups is 1. The second-order valence-corrected chi connectivity index (χ2v) is 3.22. The molecule has 0 unspecified atom stereocenters. The molecule has 3 N–H and O–H groups in total. The Balaban J connectivity index is 3.21. The summed E-state index contributed by atoms with van der Waals surface area (Å²) in [5.41, 5.74) is 6.11. The van der Waals surface area contributed by atoms with E-state index in [1.54, 1.807) is 6.07 Å². The van der Waals surface area contributed by atoms with Gasteiger partial charge >= 0.3 is 5.97 Å². The fourth-order valence-electron chi connectivity index (χ4n) is 1.41. The molecule has 0 saturated heterocycles. The standard InChI is InChI=1S/C11H10N4O2/c12-4-6-15(7-5-13)9-3-1-2-8(10(9)14)11(16)17/h1-3H,6-7,14H2,(H,16,17). The molecule has 1 rings (SSSR count). The molecule has 0 bridgehead atoms. The van der Waals surface area contributed by atoms with Crippen LogP contribution in [0.15, 0.2) is 18.2 Å². The molecule has 0 radical (unpaired) electrons. The van der Waals surface area contributed by atoms with E-state index in [2.05, 4.69) is 0 Å². The maximum absolute atomic E-state index is 10.9. The van der Waals surface area contributed by atoms with Crippen molar-refractivity contribution in [3.63, 3.8) is 0 Å². The molecule has 0 saturated carbocycles. The zero-order chi connectivity index (χ0) is 12.8. The van der Waals surface area contributed by atoms with Gasteiger partial charge in [0.2, 0.25) is 0 Å². The quantitative estimate of drug-likeness (QED) is 0.584. The predicted molar refractivity (Wildman–Crippen MR) is 61.3 cm³/mol. The number of benzene rings is 1. The number of nitriles is 2. The lowest BCUT2D eigenvalue weighted by atomic mass is 10.1. The summed E-state index contributed by atoms with van der Waals surface area (Å²) in [7, 11) is 0. The number of nitrogens with two attached hydrogens (primary N) is 1. The van der Waals surface area contributed by atoms with Gasteiger partial charge in [-0.2, -0.15) is 10.5 Å². The molecule has 17 heavy (non-hydrogen) atoms. The number of carboxylic acid groups (broad SMARTS) is 1. The Morgan fingerprint density at radius 3 is 2.41 bits per heavy atom. The van der Waals surface area contributed by atoms with Crippen LogP contribution in [0.5, 0.6) is 0 Å². The average Bonchev–Trinajstić information content (AvgIpc) is 2.29. The van der Waals surface area contributed by atoms with Crippen molar-refractivity contribution >= 4 is 17.3 Å². The first-order valence-electron chi connectivity index (χ1n) is 4.72. The van der Waals surface area contributed by atoms with Crippen molar-refractivity contribution in [2.24, 2.45) is 0 Å². The van der Waals surface area contributed by atoms with Crippen LogP contribution < -0.4 is 10.6 Å². The van der Waals surface area contributed by atoms with Crippen LogP contribution in [0, 0.1) is 22.7 Å². The van der Waals surface area contributed by atoms with E-state index in [0.717, 1.165) is 0 Å². The Kier molecular flexibility index (Phi) is 3.91. The molecule has 0 atom stereocenters. The molecule has 0 amide bonds. The third kappa shape index (κ3) is 2.64. The summed E-state index contributed by atoms with van der Waals surface area (Å²) in [4.78, 5) is 12.3. The third-order valence-electron chi connectivity index (χ3n) is 2.18. The molecule has 0 aliphatic rings. The maximum Gasteiger partial charge on any atom is 0.337 e. The highest BCUT2D eigenvalue weighted by atomic mass is 16.4. The zero-order valence-electron chi connectivity index (χ0n) is 8.92. The number of hydrogen-bond acceptors (Lipinski definition) is 5. The van der Waals surface area contributed by atoms with E-state index in [1.807, 2.05) is 12.1 Å². The molecule has 6 nitrogen and oxygen atoms in total. The van der Waals surface area contributed by atoms with Gasteiger partial charge in [-0.1, -0.05) is 6.07 Å². The Morgan fingerprint density at radius 2 is 1.94 bits per heavy atom. The summed E-state index contributed by atoms with van der Waals surface area (Å²) in [5, 5.41) is 26.2. The summed E-state index contributed by atoms with van der Waals surface area (Å²) < 4.78 is 0. The van der Waals surface area contributed by atoms with E-state index in [0.29, 0.717) is 5.69 Å². The van der Waals surface area contributed by atoms with Gasteiger partial charge in [-0.15, -0.1) is 0 Å². The van der Waals surface area contributed by atoms with Gasteiger partial charge in [0.05, 0.1) is 29.1 Å². The van der Waals surface area contributed by atoms with Gasteiger partial charge in [-0.05, 0) is 12.1 Å². The molecule has 0 aliphatic carbocycles. The second kappa shape index (κ2) is 5.38. The first-order valence-corrected chi connectivity index (χ1v) is 4.72. The molecule has 1 aromatic carbocycles. The second-order valence-electron chi connectivity index (χ2n) is 3.22. The highest BCUT2D eigenvalue weighted by Crippen LogP contribution is 2.26. The molecule has 6 heteroatoms. The molecular weight excluding hydrogens is 220 g/mol. The van der Waals surface area contributed by atoms with Gasteiger partial charge in [-0.3, -0.25) is 0 Å². The first kappa shape index (κ1) is 12.3. The number of para-hydroxylation sites is 1. The van der Waals surface area contributed by atoms with Crippen LogP contribution in [0.1, 0.15) is 10.4 Å². The number of nitrogens with zero attached hydrogens (tertiary/aromatic N) is 3. The van der Waals surface area contributed by atoms with E-state index in [9.17, 15) is 4.79 Å². The third-order valence-corrected chi connectivity index (χ3v) is 2.18. The molecule has 0 fully saturated rings. The molecule has 0 heterocycles. The van der Waals surface area contributed by atoms with Gasteiger partial charge in [0.15, 0.2) is 0 Å². The van der Waals surface area contributed by atoms with Gasteiger partial charge in [-0.25, -0.2) is 4.79 Å². The Labute approximate surface area is 98.1 Å². The van der Waals surface area contributed by atoms with Gasteiger partial charge < -0.3 is 15.7 Å². The monoisotopic (exact) mass is 230 g/mol. The molecular formula is C11H10N4O2. The van der Waals surface area contributed by atoms with Crippen LogP contribution in [0.4, 0.5) is 11.4 Å². The molecule has 0 aliphatic heterocycles. The number of nitrogen functional groups attached to an aromatic ring is 1. The molecule has 0 aromatic heterocycles. The lowest BCUT2D eigenvalue weighted by molar-refractivity contribution is 0.0698. The number of carboxylic acids is 1. The molecule has 0 spiro atoms. The minimum Gasteiger partial charge on any atom is -0.478 e. The summed E-state index contributed by atoms with van der Waals surface area (Å²) in [6.07, 6.45) is 0. The number of rotatable bonds is 4. The first-order chi connectivity index (χ1) is 8.11.